The van der Waals surface area contributed by atoms with Crippen LogP contribution in [0.25, 0.3) is 0 Å². The number of carbonyl (C=O) groups excluding carboxylic acids is 1. The predicted octanol–water partition coefficient (Wildman–Crippen LogP) is 0.00550. The van der Waals surface area contributed by atoms with Gasteiger partial charge in [0.15, 0.2) is 0 Å². The highest BCUT2D eigenvalue weighted by atomic mass is 19.3. The molecule has 18 heavy (non-hydrogen) atoms. The number of carbonyl (C=O) groups is 2. The van der Waals surface area contributed by atoms with Crippen molar-refractivity contribution in [2.24, 2.45) is 0 Å². The summed E-state index contributed by atoms with van der Waals surface area (Å²) in [6, 6.07) is -0.440. The summed E-state index contributed by atoms with van der Waals surface area (Å²) in [4.78, 5) is 26.4. The molecule has 0 unspecified atom stereocenters. The van der Waals surface area contributed by atoms with Crippen LogP contribution in [0.15, 0.2) is 0 Å². The molecule has 0 radical (unpaired) electrons. The quantitative estimate of drug-likeness (QED) is 0.777. The first kappa shape index (κ1) is 14.6. The van der Waals surface area contributed by atoms with E-state index in [9.17, 15) is 18.4 Å². The number of amides is 2. The van der Waals surface area contributed by atoms with Crippen LogP contribution < -0.4 is 0 Å². The summed E-state index contributed by atoms with van der Waals surface area (Å²) in [5, 5.41) is 8.61. The molecule has 1 fully saturated rings. The van der Waals surface area contributed by atoms with Crippen molar-refractivity contribution in [1.29, 1.82) is 0 Å². The maximum Gasteiger partial charge on any atom is 0.320 e. The zero-order chi connectivity index (χ0) is 13.7. The van der Waals surface area contributed by atoms with Gasteiger partial charge >= 0.3 is 12.0 Å². The van der Waals surface area contributed by atoms with Crippen molar-refractivity contribution in [1.82, 2.24) is 14.7 Å². The number of alkyl halides is 2. The Morgan fingerprint density at radius 1 is 1.28 bits per heavy atom. The Hall–Kier alpha value is -1.44. The number of rotatable bonds is 4. The van der Waals surface area contributed by atoms with Gasteiger partial charge in [-0.05, 0) is 0 Å². The first-order valence-corrected chi connectivity index (χ1v) is 5.62. The van der Waals surface area contributed by atoms with Crippen molar-refractivity contribution < 1.29 is 23.5 Å². The minimum Gasteiger partial charge on any atom is -0.480 e. The highest BCUT2D eigenvalue weighted by Crippen LogP contribution is 2.06. The second-order valence-corrected chi connectivity index (χ2v) is 4.21. The van der Waals surface area contributed by atoms with Gasteiger partial charge in [0.25, 0.3) is 6.43 Å². The zero-order valence-electron chi connectivity index (χ0n) is 10.2. The lowest BCUT2D eigenvalue weighted by Crippen LogP contribution is -2.53. The maximum absolute atomic E-state index is 12.1. The molecule has 0 aromatic heterocycles. The molecular weight excluding hydrogens is 248 g/mol. The third-order valence-corrected chi connectivity index (χ3v) is 2.74. The van der Waals surface area contributed by atoms with Crippen molar-refractivity contribution in [3.8, 4) is 0 Å². The number of carboxylic acid groups (broad SMARTS) is 1. The fraction of sp³-hybridized carbons (Fsp3) is 0.800. The molecule has 2 amide bonds. The summed E-state index contributed by atoms with van der Waals surface area (Å²) >= 11 is 0. The Bertz CT molecular complexity index is 307. The molecule has 1 N–H and O–H groups in total. The van der Waals surface area contributed by atoms with E-state index in [4.69, 9.17) is 5.11 Å². The molecule has 1 saturated heterocycles. The first-order valence-electron chi connectivity index (χ1n) is 5.62. The number of carboxylic acids is 1. The highest BCUT2D eigenvalue weighted by molar-refractivity contribution is 5.74. The lowest BCUT2D eigenvalue weighted by atomic mass is 10.3. The van der Waals surface area contributed by atoms with E-state index in [1.165, 1.54) is 11.9 Å². The molecule has 0 spiro atoms. The average molecular weight is 265 g/mol. The Labute approximate surface area is 104 Å². The molecule has 1 aliphatic rings. The number of hydrogen-bond donors (Lipinski definition) is 1. The fourth-order valence-electron chi connectivity index (χ4n) is 1.82. The van der Waals surface area contributed by atoms with Crippen LogP contribution in [0.1, 0.15) is 0 Å². The molecule has 0 saturated carbocycles. The van der Waals surface area contributed by atoms with Crippen molar-refractivity contribution in [2.45, 2.75) is 6.43 Å². The molecule has 0 aliphatic carbocycles. The number of piperazine rings is 1. The lowest BCUT2D eigenvalue weighted by Gasteiger charge is -2.35. The van der Waals surface area contributed by atoms with Crippen LogP contribution in [-0.4, -0.2) is 84.5 Å². The molecule has 0 aromatic rings. The third kappa shape index (κ3) is 4.44. The fourth-order valence-corrected chi connectivity index (χ4v) is 1.82. The van der Waals surface area contributed by atoms with Gasteiger partial charge < -0.3 is 14.9 Å². The molecule has 104 valence electrons. The molecular formula is C10H17F2N3O3. The van der Waals surface area contributed by atoms with Gasteiger partial charge in [0, 0.05) is 33.2 Å². The van der Waals surface area contributed by atoms with Gasteiger partial charge in [0.1, 0.15) is 0 Å². The molecule has 8 heteroatoms. The normalized spacial score (nSPS) is 17.0. The van der Waals surface area contributed by atoms with Gasteiger partial charge in [-0.2, -0.15) is 0 Å². The molecule has 1 rings (SSSR count). The Morgan fingerprint density at radius 2 is 1.83 bits per heavy atom. The van der Waals surface area contributed by atoms with Gasteiger partial charge in [-0.3, -0.25) is 9.69 Å². The van der Waals surface area contributed by atoms with Crippen LogP contribution in [-0.2, 0) is 4.79 Å². The number of nitrogens with zero attached hydrogens (tertiary/aromatic N) is 3. The van der Waals surface area contributed by atoms with E-state index in [1.54, 1.807) is 4.90 Å². The van der Waals surface area contributed by atoms with Gasteiger partial charge in [-0.1, -0.05) is 0 Å². The molecule has 0 aromatic carbocycles. The van der Waals surface area contributed by atoms with Gasteiger partial charge in [0.05, 0.1) is 13.1 Å². The van der Waals surface area contributed by atoms with Crippen molar-refractivity contribution in [3.05, 3.63) is 0 Å². The minimum atomic E-state index is -2.55. The van der Waals surface area contributed by atoms with E-state index in [2.05, 4.69) is 0 Å². The Balaban J connectivity index is 2.38. The molecule has 0 atom stereocenters. The van der Waals surface area contributed by atoms with Gasteiger partial charge in [0.2, 0.25) is 0 Å². The standard InChI is InChI=1S/C10H17F2N3O3/c1-13(6-8(11)12)10(18)15-4-2-14(3-5-15)7-9(16)17/h8H,2-7H2,1H3,(H,16,17). The number of aliphatic carboxylic acids is 1. The summed E-state index contributed by atoms with van der Waals surface area (Å²) in [5.41, 5.74) is 0. The smallest absolute Gasteiger partial charge is 0.320 e. The molecule has 6 nitrogen and oxygen atoms in total. The molecule has 1 aliphatic heterocycles. The topological polar surface area (TPSA) is 64.1 Å². The SMILES string of the molecule is CN(CC(F)F)C(=O)N1CCN(CC(=O)O)CC1. The minimum absolute atomic E-state index is 0.0606. The highest BCUT2D eigenvalue weighted by Gasteiger charge is 2.25. The second kappa shape index (κ2) is 6.48. The van der Waals surface area contributed by atoms with E-state index in [-0.39, 0.29) is 6.54 Å². The molecule has 0 bridgehead atoms. The van der Waals surface area contributed by atoms with Crippen LogP contribution in [0.2, 0.25) is 0 Å². The monoisotopic (exact) mass is 265 g/mol. The van der Waals surface area contributed by atoms with Crippen molar-refractivity contribution >= 4 is 12.0 Å². The molecule has 1 heterocycles. The summed E-state index contributed by atoms with van der Waals surface area (Å²) in [6.07, 6.45) is -2.55. The largest absolute Gasteiger partial charge is 0.480 e. The van der Waals surface area contributed by atoms with E-state index < -0.39 is 25.0 Å². The first-order chi connectivity index (χ1) is 8.40. The van der Waals surface area contributed by atoms with E-state index in [0.29, 0.717) is 26.2 Å². The van der Waals surface area contributed by atoms with Gasteiger partial charge in [-0.15, -0.1) is 0 Å². The lowest BCUT2D eigenvalue weighted by molar-refractivity contribution is -0.138. The van der Waals surface area contributed by atoms with Gasteiger partial charge in [-0.25, -0.2) is 13.6 Å². The Kier molecular flexibility index (Phi) is 5.26. The van der Waals surface area contributed by atoms with E-state index >= 15 is 0 Å². The van der Waals surface area contributed by atoms with Crippen LogP contribution >= 0.6 is 0 Å². The third-order valence-electron chi connectivity index (χ3n) is 2.74. The number of urea groups is 1. The predicted molar refractivity (Wildman–Crippen MR) is 59.7 cm³/mol. The number of hydrogen-bond acceptors (Lipinski definition) is 3. The summed E-state index contributed by atoms with van der Waals surface area (Å²) in [7, 11) is 1.33. The second-order valence-electron chi connectivity index (χ2n) is 4.21. The average Bonchev–Trinajstić information content (AvgIpc) is 2.27. The van der Waals surface area contributed by atoms with Crippen molar-refractivity contribution in [3.63, 3.8) is 0 Å². The summed E-state index contributed by atoms with van der Waals surface area (Å²) < 4.78 is 24.3. The van der Waals surface area contributed by atoms with Crippen LogP contribution in [0.4, 0.5) is 13.6 Å². The van der Waals surface area contributed by atoms with E-state index in [1.807, 2.05) is 0 Å². The maximum atomic E-state index is 12.1. The zero-order valence-corrected chi connectivity index (χ0v) is 10.2. The van der Waals surface area contributed by atoms with E-state index in [0.717, 1.165) is 4.90 Å². The summed E-state index contributed by atoms with van der Waals surface area (Å²) in [6.45, 7) is 0.962. The van der Waals surface area contributed by atoms with Crippen LogP contribution in [0.3, 0.4) is 0 Å². The van der Waals surface area contributed by atoms with Crippen LogP contribution in [0, 0.1) is 0 Å². The van der Waals surface area contributed by atoms with Crippen molar-refractivity contribution in [2.75, 3.05) is 46.3 Å². The summed E-state index contributed by atoms with van der Waals surface area (Å²) in [5.74, 6) is -0.912. The Morgan fingerprint density at radius 3 is 2.28 bits per heavy atom. The number of halogens is 2. The van der Waals surface area contributed by atoms with Crippen LogP contribution in [0.5, 0.6) is 0 Å².